The second kappa shape index (κ2) is 7.57. The second-order valence-corrected chi connectivity index (χ2v) is 9.45. The number of para-hydroxylation sites is 1. The van der Waals surface area contributed by atoms with Crippen LogP contribution in [0.15, 0.2) is 90.6 Å². The minimum atomic E-state index is -1.11. The molecule has 7 heteroatoms. The van der Waals surface area contributed by atoms with Crippen molar-refractivity contribution in [2.24, 2.45) is 0 Å². The molecule has 6 rings (SSSR count). The molecule has 3 aromatic carbocycles. The highest BCUT2D eigenvalue weighted by molar-refractivity contribution is 9.10. The largest absolute Gasteiger partial charge is 0.478 e. The lowest BCUT2D eigenvalue weighted by Crippen LogP contribution is -2.05. The summed E-state index contributed by atoms with van der Waals surface area (Å²) < 4.78 is 14.0. The van der Waals surface area contributed by atoms with Crippen molar-refractivity contribution in [1.29, 1.82) is 0 Å². The number of hydrogen-bond donors (Lipinski definition) is 1. The molecule has 0 saturated carbocycles. The van der Waals surface area contributed by atoms with Gasteiger partial charge < -0.3 is 13.9 Å². The fourth-order valence-electron chi connectivity index (χ4n) is 4.12. The molecule has 0 bridgehead atoms. The normalized spacial score (nSPS) is 11.6. The van der Waals surface area contributed by atoms with E-state index in [9.17, 15) is 9.90 Å². The van der Waals surface area contributed by atoms with Crippen LogP contribution < -0.4 is 0 Å². The number of nitrogens with zero attached hydrogens (tertiary/aromatic N) is 1. The number of carboxylic acids is 1. The summed E-state index contributed by atoms with van der Waals surface area (Å²) in [5.74, 6) is -0.271. The Labute approximate surface area is 203 Å². The van der Waals surface area contributed by atoms with Gasteiger partial charge in [0.15, 0.2) is 5.76 Å². The van der Waals surface area contributed by atoms with Crippen LogP contribution in [0.25, 0.3) is 55.6 Å². The summed E-state index contributed by atoms with van der Waals surface area (Å²) in [6.07, 6.45) is 0. The van der Waals surface area contributed by atoms with E-state index >= 15 is 0 Å². The van der Waals surface area contributed by atoms with Crippen LogP contribution in [0.3, 0.4) is 0 Å². The summed E-state index contributed by atoms with van der Waals surface area (Å²) in [5.41, 5.74) is 2.72. The van der Waals surface area contributed by atoms with E-state index in [0.29, 0.717) is 39.2 Å². The first-order valence-electron chi connectivity index (χ1n) is 10.0. The van der Waals surface area contributed by atoms with Gasteiger partial charge in [0.25, 0.3) is 0 Å². The third kappa shape index (κ3) is 3.35. The van der Waals surface area contributed by atoms with Crippen molar-refractivity contribution in [3.8, 4) is 22.8 Å². The van der Waals surface area contributed by atoms with Crippen LogP contribution in [-0.4, -0.2) is 16.1 Å². The Morgan fingerprint density at radius 1 is 0.788 bits per heavy atom. The molecular weight excluding hydrogens is 550 g/mol. The second-order valence-electron chi connectivity index (χ2n) is 7.62. The van der Waals surface area contributed by atoms with Crippen LogP contribution in [0.5, 0.6) is 0 Å². The maximum atomic E-state index is 12.6. The summed E-state index contributed by atoms with van der Waals surface area (Å²) >= 11 is 6.94. The van der Waals surface area contributed by atoms with Gasteiger partial charge in [0.1, 0.15) is 28.2 Å². The molecule has 1 N–H and O–H groups in total. The van der Waals surface area contributed by atoms with E-state index in [2.05, 4.69) is 31.9 Å². The van der Waals surface area contributed by atoms with Gasteiger partial charge in [0.2, 0.25) is 0 Å². The molecule has 0 aliphatic carbocycles. The van der Waals surface area contributed by atoms with Gasteiger partial charge in [-0.2, -0.15) is 0 Å². The van der Waals surface area contributed by atoms with Crippen molar-refractivity contribution in [3.05, 3.63) is 87.3 Å². The standard InChI is InChI=1S/C26H13Br2NO4/c27-15-5-7-19-13(9-15)11-21(32-19)23-17-3-1-2-4-18(17)29-25(24(23)26(30)31)22-12-14-10-16(28)6-8-20(14)33-22/h1-12H,(H,30,31). The Balaban J connectivity index is 1.71. The molecule has 33 heavy (non-hydrogen) atoms. The molecule has 0 saturated heterocycles. The molecule has 0 atom stereocenters. The Hall–Kier alpha value is -3.42. The average molecular weight is 563 g/mol. The Kier molecular flexibility index (Phi) is 4.64. The Bertz CT molecular complexity index is 1730. The average Bonchev–Trinajstić information content (AvgIpc) is 3.40. The SMILES string of the molecule is O=C(O)c1c(-c2cc3cc(Br)ccc3o2)nc2ccccc2c1-c1cc2cc(Br)ccc2o1. The highest BCUT2D eigenvalue weighted by Crippen LogP contribution is 2.41. The van der Waals surface area contributed by atoms with E-state index in [4.69, 9.17) is 13.8 Å². The van der Waals surface area contributed by atoms with Crippen molar-refractivity contribution in [1.82, 2.24) is 4.98 Å². The number of fused-ring (bicyclic) bond motifs is 3. The van der Waals surface area contributed by atoms with E-state index < -0.39 is 5.97 Å². The number of pyridine rings is 1. The van der Waals surface area contributed by atoms with Crippen molar-refractivity contribution < 1.29 is 18.7 Å². The van der Waals surface area contributed by atoms with Gasteiger partial charge in [-0.1, -0.05) is 50.1 Å². The molecule has 0 radical (unpaired) electrons. The molecular formula is C26H13Br2NO4. The van der Waals surface area contributed by atoms with E-state index in [-0.39, 0.29) is 11.3 Å². The summed E-state index contributed by atoms with van der Waals surface area (Å²) in [5, 5.41) is 12.7. The van der Waals surface area contributed by atoms with Gasteiger partial charge in [-0.25, -0.2) is 9.78 Å². The highest BCUT2D eigenvalue weighted by Gasteiger charge is 2.27. The van der Waals surface area contributed by atoms with E-state index in [0.717, 1.165) is 19.7 Å². The van der Waals surface area contributed by atoms with Gasteiger partial charge in [-0.3, -0.25) is 0 Å². The molecule has 3 aromatic heterocycles. The van der Waals surface area contributed by atoms with Crippen LogP contribution in [0, 0.1) is 0 Å². The molecule has 0 amide bonds. The van der Waals surface area contributed by atoms with E-state index in [1.807, 2.05) is 72.8 Å². The first-order chi connectivity index (χ1) is 16.0. The molecule has 0 aliphatic rings. The van der Waals surface area contributed by atoms with Gasteiger partial charge in [-0.15, -0.1) is 0 Å². The molecule has 0 spiro atoms. The van der Waals surface area contributed by atoms with Crippen molar-refractivity contribution in [2.45, 2.75) is 0 Å². The third-order valence-electron chi connectivity index (χ3n) is 5.54. The molecule has 160 valence electrons. The molecule has 6 aromatic rings. The van der Waals surface area contributed by atoms with Crippen molar-refractivity contribution in [3.63, 3.8) is 0 Å². The fourth-order valence-corrected chi connectivity index (χ4v) is 4.88. The maximum Gasteiger partial charge on any atom is 0.338 e. The summed E-state index contributed by atoms with van der Waals surface area (Å²) in [7, 11) is 0. The van der Waals surface area contributed by atoms with Crippen LogP contribution in [0.1, 0.15) is 10.4 Å². The number of benzene rings is 3. The van der Waals surface area contributed by atoms with E-state index in [1.165, 1.54) is 0 Å². The van der Waals surface area contributed by atoms with Crippen LogP contribution in [0.2, 0.25) is 0 Å². The summed E-state index contributed by atoms with van der Waals surface area (Å²) in [4.78, 5) is 17.3. The fraction of sp³-hybridized carbons (Fsp3) is 0. The first kappa shape index (κ1) is 20.2. The zero-order valence-corrected chi connectivity index (χ0v) is 20.0. The van der Waals surface area contributed by atoms with Gasteiger partial charge in [-0.05, 0) is 54.6 Å². The minimum absolute atomic E-state index is 0.0324. The third-order valence-corrected chi connectivity index (χ3v) is 6.53. The van der Waals surface area contributed by atoms with Crippen LogP contribution in [-0.2, 0) is 0 Å². The van der Waals surface area contributed by atoms with Crippen LogP contribution in [0.4, 0.5) is 0 Å². The van der Waals surface area contributed by atoms with E-state index in [1.54, 1.807) is 0 Å². The number of carboxylic acid groups (broad SMARTS) is 1. The lowest BCUT2D eigenvalue weighted by Gasteiger charge is -2.12. The number of hydrogen-bond acceptors (Lipinski definition) is 4. The Morgan fingerprint density at radius 3 is 2.06 bits per heavy atom. The number of rotatable bonds is 3. The van der Waals surface area contributed by atoms with Gasteiger partial charge >= 0.3 is 5.97 Å². The number of aromatic nitrogens is 1. The molecule has 5 nitrogen and oxygen atoms in total. The summed E-state index contributed by atoms with van der Waals surface area (Å²) in [6, 6.07) is 22.4. The van der Waals surface area contributed by atoms with Gasteiger partial charge in [0, 0.05) is 30.7 Å². The topological polar surface area (TPSA) is 76.5 Å². The summed E-state index contributed by atoms with van der Waals surface area (Å²) in [6.45, 7) is 0. The highest BCUT2D eigenvalue weighted by atomic mass is 79.9. The lowest BCUT2D eigenvalue weighted by molar-refractivity contribution is 0.0698. The molecule has 0 fully saturated rings. The zero-order chi connectivity index (χ0) is 22.7. The number of furan rings is 2. The van der Waals surface area contributed by atoms with Crippen molar-refractivity contribution in [2.75, 3.05) is 0 Å². The molecule has 0 unspecified atom stereocenters. The Morgan fingerprint density at radius 2 is 1.39 bits per heavy atom. The molecule has 3 heterocycles. The first-order valence-corrected chi connectivity index (χ1v) is 11.6. The number of halogens is 2. The predicted octanol–water partition coefficient (Wildman–Crippen LogP) is 8.28. The lowest BCUT2D eigenvalue weighted by atomic mass is 9.97. The smallest absolute Gasteiger partial charge is 0.338 e. The number of aromatic carboxylic acids is 1. The van der Waals surface area contributed by atoms with Crippen LogP contribution >= 0.6 is 31.9 Å². The minimum Gasteiger partial charge on any atom is -0.478 e. The zero-order valence-electron chi connectivity index (χ0n) is 16.8. The van der Waals surface area contributed by atoms with Crippen molar-refractivity contribution >= 4 is 70.7 Å². The maximum absolute atomic E-state index is 12.6. The molecule has 0 aliphatic heterocycles. The van der Waals surface area contributed by atoms with Gasteiger partial charge in [0.05, 0.1) is 5.52 Å². The predicted molar refractivity (Wildman–Crippen MR) is 135 cm³/mol. The quantitative estimate of drug-likeness (QED) is 0.235. The number of carbonyl (C=O) groups is 1. The monoisotopic (exact) mass is 561 g/mol.